The van der Waals surface area contributed by atoms with Gasteiger partial charge in [-0.25, -0.2) is 0 Å². The van der Waals surface area contributed by atoms with Crippen LogP contribution in [0.3, 0.4) is 0 Å². The summed E-state index contributed by atoms with van der Waals surface area (Å²) in [5.41, 5.74) is 0. The Kier molecular flexibility index (Phi) is 4.52. The summed E-state index contributed by atoms with van der Waals surface area (Å²) in [4.78, 5) is 25.0. The lowest BCUT2D eigenvalue weighted by Gasteiger charge is -2.31. The van der Waals surface area contributed by atoms with Crippen molar-refractivity contribution >= 4 is 11.8 Å². The first-order valence-electron chi connectivity index (χ1n) is 5.74. The summed E-state index contributed by atoms with van der Waals surface area (Å²) < 4.78 is 0. The Morgan fingerprint density at radius 3 is 2.81 bits per heavy atom. The average Bonchev–Trinajstić information content (AvgIpc) is 2.25. The van der Waals surface area contributed by atoms with Crippen LogP contribution in [0.15, 0.2) is 12.7 Å². The fourth-order valence-electron chi connectivity index (χ4n) is 1.87. The number of nitrogens with zero attached hydrogens (tertiary/aromatic N) is 1. The largest absolute Gasteiger partial charge is 0.355 e. The molecule has 1 saturated heterocycles. The Hall–Kier alpha value is -1.32. The minimum atomic E-state index is -0.0694. The quantitative estimate of drug-likeness (QED) is 0.722. The summed E-state index contributed by atoms with van der Waals surface area (Å²) in [6.07, 6.45) is 2.85. The van der Waals surface area contributed by atoms with Gasteiger partial charge in [-0.1, -0.05) is 6.08 Å². The smallest absolute Gasteiger partial charge is 0.227 e. The Bertz CT molecular complexity index is 277. The number of nitrogens with one attached hydrogen (secondary N) is 1. The Morgan fingerprint density at radius 2 is 2.38 bits per heavy atom. The third-order valence-electron chi connectivity index (χ3n) is 2.85. The maximum absolute atomic E-state index is 12.2. The first-order valence-corrected chi connectivity index (χ1v) is 5.74. The van der Waals surface area contributed by atoms with Crippen LogP contribution in [0.2, 0.25) is 0 Å². The van der Waals surface area contributed by atoms with E-state index in [-0.39, 0.29) is 23.8 Å². The van der Waals surface area contributed by atoms with Gasteiger partial charge in [0.2, 0.25) is 11.8 Å². The van der Waals surface area contributed by atoms with Gasteiger partial charge in [0.15, 0.2) is 0 Å². The van der Waals surface area contributed by atoms with Crippen molar-refractivity contribution in [3.05, 3.63) is 12.7 Å². The zero-order chi connectivity index (χ0) is 12.1. The van der Waals surface area contributed by atoms with Gasteiger partial charge in [-0.15, -0.1) is 6.58 Å². The van der Waals surface area contributed by atoms with Gasteiger partial charge in [0.1, 0.15) is 0 Å². The topological polar surface area (TPSA) is 49.4 Å². The van der Waals surface area contributed by atoms with E-state index in [1.54, 1.807) is 11.0 Å². The average molecular weight is 224 g/mol. The number of rotatable bonds is 4. The van der Waals surface area contributed by atoms with Crippen LogP contribution in [0, 0.1) is 5.92 Å². The van der Waals surface area contributed by atoms with Gasteiger partial charge in [0.05, 0.1) is 5.92 Å². The van der Waals surface area contributed by atoms with E-state index in [2.05, 4.69) is 11.9 Å². The normalized spacial score (nSPS) is 20.4. The molecule has 1 unspecified atom stereocenters. The molecule has 0 bridgehead atoms. The molecule has 4 nitrogen and oxygen atoms in total. The minimum Gasteiger partial charge on any atom is -0.355 e. The molecule has 2 amide bonds. The number of hydrogen-bond donors (Lipinski definition) is 1. The lowest BCUT2D eigenvalue weighted by molar-refractivity contribution is -0.138. The van der Waals surface area contributed by atoms with Gasteiger partial charge in [-0.2, -0.15) is 0 Å². The highest BCUT2D eigenvalue weighted by molar-refractivity contribution is 5.84. The fourth-order valence-corrected chi connectivity index (χ4v) is 1.87. The molecule has 0 aromatic heterocycles. The van der Waals surface area contributed by atoms with Crippen LogP contribution >= 0.6 is 0 Å². The molecule has 0 radical (unpaired) electrons. The molecule has 4 heteroatoms. The van der Waals surface area contributed by atoms with Crippen molar-refractivity contribution in [3.63, 3.8) is 0 Å². The van der Waals surface area contributed by atoms with Gasteiger partial charge in [0.25, 0.3) is 0 Å². The summed E-state index contributed by atoms with van der Waals surface area (Å²) in [5, 5.41) is 2.74. The zero-order valence-electron chi connectivity index (χ0n) is 10.0. The van der Waals surface area contributed by atoms with E-state index in [1.807, 2.05) is 13.8 Å². The van der Waals surface area contributed by atoms with Crippen LogP contribution in [0.5, 0.6) is 0 Å². The van der Waals surface area contributed by atoms with Crippen LogP contribution in [0.25, 0.3) is 0 Å². The van der Waals surface area contributed by atoms with E-state index in [4.69, 9.17) is 0 Å². The number of carbonyl (C=O) groups excluding carboxylic acids is 2. The molecule has 1 atom stereocenters. The van der Waals surface area contributed by atoms with E-state index >= 15 is 0 Å². The summed E-state index contributed by atoms with van der Waals surface area (Å²) in [7, 11) is 0. The van der Waals surface area contributed by atoms with E-state index in [0.717, 1.165) is 0 Å². The first kappa shape index (κ1) is 12.7. The van der Waals surface area contributed by atoms with Crippen molar-refractivity contribution in [1.82, 2.24) is 10.2 Å². The predicted octanol–water partition coefficient (Wildman–Crippen LogP) is 0.936. The molecule has 0 aromatic carbocycles. The SMILES string of the molecule is C=CCN(C(=O)C1CCC(=O)NC1)C(C)C. The molecule has 1 aliphatic rings. The van der Waals surface area contributed by atoms with E-state index in [1.165, 1.54) is 0 Å². The van der Waals surface area contributed by atoms with Crippen molar-refractivity contribution in [2.24, 2.45) is 5.92 Å². The summed E-state index contributed by atoms with van der Waals surface area (Å²) in [6, 6.07) is 0.170. The zero-order valence-corrected chi connectivity index (χ0v) is 10.0. The minimum absolute atomic E-state index is 0.0452. The molecule has 1 fully saturated rings. The standard InChI is InChI=1S/C12H20N2O2/c1-4-7-14(9(2)3)12(16)10-5-6-11(15)13-8-10/h4,9-10H,1,5-8H2,2-3H3,(H,13,15). The van der Waals surface area contributed by atoms with Crippen molar-refractivity contribution in [1.29, 1.82) is 0 Å². The van der Waals surface area contributed by atoms with Gasteiger partial charge in [-0.3, -0.25) is 9.59 Å². The first-order chi connectivity index (χ1) is 7.56. The van der Waals surface area contributed by atoms with Crippen molar-refractivity contribution in [3.8, 4) is 0 Å². The lowest BCUT2D eigenvalue weighted by Crippen LogP contribution is -2.47. The van der Waals surface area contributed by atoms with Gasteiger partial charge in [-0.05, 0) is 20.3 Å². The molecule has 0 saturated carbocycles. The second kappa shape index (κ2) is 5.68. The molecular weight excluding hydrogens is 204 g/mol. The highest BCUT2D eigenvalue weighted by Crippen LogP contribution is 2.15. The van der Waals surface area contributed by atoms with Crippen molar-refractivity contribution in [2.45, 2.75) is 32.7 Å². The molecule has 1 aliphatic heterocycles. The van der Waals surface area contributed by atoms with E-state index < -0.39 is 0 Å². The highest BCUT2D eigenvalue weighted by Gasteiger charge is 2.28. The molecule has 0 spiro atoms. The third-order valence-corrected chi connectivity index (χ3v) is 2.85. The monoisotopic (exact) mass is 224 g/mol. The second-order valence-corrected chi connectivity index (χ2v) is 4.41. The molecule has 90 valence electrons. The van der Waals surface area contributed by atoms with Crippen LogP contribution in [0.1, 0.15) is 26.7 Å². The van der Waals surface area contributed by atoms with Crippen molar-refractivity contribution in [2.75, 3.05) is 13.1 Å². The van der Waals surface area contributed by atoms with Gasteiger partial charge in [0, 0.05) is 25.6 Å². The van der Waals surface area contributed by atoms with Crippen LogP contribution in [-0.4, -0.2) is 35.8 Å². The third kappa shape index (κ3) is 3.08. The number of piperidine rings is 1. The summed E-state index contributed by atoms with van der Waals surface area (Å²) >= 11 is 0. The molecule has 16 heavy (non-hydrogen) atoms. The molecule has 0 aliphatic carbocycles. The van der Waals surface area contributed by atoms with E-state index in [0.29, 0.717) is 25.9 Å². The molecule has 0 aromatic rings. The lowest BCUT2D eigenvalue weighted by atomic mass is 9.97. The number of hydrogen-bond acceptors (Lipinski definition) is 2. The predicted molar refractivity (Wildman–Crippen MR) is 62.8 cm³/mol. The van der Waals surface area contributed by atoms with Gasteiger partial charge < -0.3 is 10.2 Å². The second-order valence-electron chi connectivity index (χ2n) is 4.41. The van der Waals surface area contributed by atoms with Gasteiger partial charge >= 0.3 is 0 Å². The number of amides is 2. The number of carbonyl (C=O) groups is 2. The Morgan fingerprint density at radius 1 is 1.69 bits per heavy atom. The Balaban J connectivity index is 2.60. The Labute approximate surface area is 96.7 Å². The molecular formula is C12H20N2O2. The maximum Gasteiger partial charge on any atom is 0.227 e. The molecule has 1 N–H and O–H groups in total. The summed E-state index contributed by atoms with van der Waals surface area (Å²) in [5.74, 6) is 0.0961. The highest BCUT2D eigenvalue weighted by atomic mass is 16.2. The van der Waals surface area contributed by atoms with Crippen LogP contribution in [-0.2, 0) is 9.59 Å². The fraction of sp³-hybridized carbons (Fsp3) is 0.667. The maximum atomic E-state index is 12.2. The van der Waals surface area contributed by atoms with Crippen LogP contribution < -0.4 is 5.32 Å². The molecule has 1 heterocycles. The van der Waals surface area contributed by atoms with Crippen molar-refractivity contribution < 1.29 is 9.59 Å². The molecule has 1 rings (SSSR count). The van der Waals surface area contributed by atoms with E-state index in [9.17, 15) is 9.59 Å². The summed E-state index contributed by atoms with van der Waals surface area (Å²) in [6.45, 7) is 8.68. The van der Waals surface area contributed by atoms with Crippen LogP contribution in [0.4, 0.5) is 0 Å².